The lowest BCUT2D eigenvalue weighted by Crippen LogP contribution is -2.24. The number of nitrogens with two attached hydrogens (primary N) is 1. The van der Waals surface area contributed by atoms with Gasteiger partial charge in [0.2, 0.25) is 0 Å². The summed E-state index contributed by atoms with van der Waals surface area (Å²) < 4.78 is 13.3. The normalized spacial score (nSPS) is 10.4. The summed E-state index contributed by atoms with van der Waals surface area (Å²) >= 11 is 1.47. The highest BCUT2D eigenvalue weighted by atomic mass is 32.1. The molecule has 3 N–H and O–H groups in total. The fourth-order valence-corrected chi connectivity index (χ4v) is 2.60. The minimum atomic E-state index is -0.924. The van der Waals surface area contributed by atoms with Crippen molar-refractivity contribution in [1.82, 2.24) is 5.32 Å². The van der Waals surface area contributed by atoms with Gasteiger partial charge < -0.3 is 11.1 Å². The van der Waals surface area contributed by atoms with E-state index in [1.807, 2.05) is 18.4 Å². The van der Waals surface area contributed by atoms with Gasteiger partial charge in [-0.2, -0.15) is 0 Å². The lowest BCUT2D eigenvalue weighted by atomic mass is 10.1. The van der Waals surface area contributed by atoms with Crippen LogP contribution in [0.4, 0.5) is 15.8 Å². The molecule has 6 nitrogen and oxygen atoms in total. The summed E-state index contributed by atoms with van der Waals surface area (Å²) in [6.45, 7) is 2.15. The van der Waals surface area contributed by atoms with E-state index in [1.165, 1.54) is 11.3 Å². The Morgan fingerprint density at radius 1 is 1.52 bits per heavy atom. The molecule has 0 atom stereocenters. The monoisotopic (exact) mass is 309 g/mol. The summed E-state index contributed by atoms with van der Waals surface area (Å²) in [6.07, 6.45) is 0. The van der Waals surface area contributed by atoms with E-state index in [0.717, 1.165) is 16.5 Å². The highest BCUT2D eigenvalue weighted by Gasteiger charge is 2.23. The SMILES string of the molecule is Cc1ccsc1CNC(=O)c1cc(N)c(F)cc1[N+](=O)[O-]. The molecule has 1 aromatic carbocycles. The summed E-state index contributed by atoms with van der Waals surface area (Å²) in [5.41, 5.74) is 5.22. The van der Waals surface area contributed by atoms with Crippen LogP contribution < -0.4 is 11.1 Å². The van der Waals surface area contributed by atoms with Crippen LogP contribution in [0.2, 0.25) is 0 Å². The lowest BCUT2D eigenvalue weighted by molar-refractivity contribution is -0.385. The van der Waals surface area contributed by atoms with E-state index in [1.54, 1.807) is 0 Å². The number of anilines is 1. The van der Waals surface area contributed by atoms with Crippen LogP contribution in [0, 0.1) is 22.9 Å². The number of hydrogen-bond donors (Lipinski definition) is 2. The van der Waals surface area contributed by atoms with Crippen molar-refractivity contribution in [3.8, 4) is 0 Å². The third-order valence-corrected chi connectivity index (χ3v) is 3.96. The van der Waals surface area contributed by atoms with E-state index in [9.17, 15) is 19.3 Å². The third kappa shape index (κ3) is 3.16. The third-order valence-electron chi connectivity index (χ3n) is 2.93. The molecule has 21 heavy (non-hydrogen) atoms. The summed E-state index contributed by atoms with van der Waals surface area (Å²) in [5, 5.41) is 15.4. The van der Waals surface area contributed by atoms with E-state index in [0.29, 0.717) is 6.07 Å². The molecule has 110 valence electrons. The van der Waals surface area contributed by atoms with Crippen LogP contribution >= 0.6 is 11.3 Å². The number of halogens is 1. The zero-order valence-corrected chi connectivity index (χ0v) is 11.9. The number of carbonyl (C=O) groups is 1. The minimum absolute atomic E-state index is 0.247. The van der Waals surface area contributed by atoms with Crippen molar-refractivity contribution < 1.29 is 14.1 Å². The molecule has 0 aliphatic rings. The Morgan fingerprint density at radius 2 is 2.24 bits per heavy atom. The number of benzene rings is 1. The maximum atomic E-state index is 13.3. The van der Waals surface area contributed by atoms with Gasteiger partial charge in [0.25, 0.3) is 11.6 Å². The molecule has 0 saturated heterocycles. The average molecular weight is 309 g/mol. The number of carbonyl (C=O) groups excluding carboxylic acids is 1. The predicted molar refractivity (Wildman–Crippen MR) is 77.7 cm³/mol. The van der Waals surface area contributed by atoms with Crippen molar-refractivity contribution in [2.24, 2.45) is 0 Å². The van der Waals surface area contributed by atoms with Gasteiger partial charge in [-0.3, -0.25) is 14.9 Å². The first-order valence-electron chi connectivity index (χ1n) is 5.94. The number of amides is 1. The van der Waals surface area contributed by atoms with Crippen molar-refractivity contribution in [1.29, 1.82) is 0 Å². The first-order valence-corrected chi connectivity index (χ1v) is 6.82. The molecule has 0 spiro atoms. The van der Waals surface area contributed by atoms with Gasteiger partial charge in [0.15, 0.2) is 5.82 Å². The first kappa shape index (κ1) is 14.9. The quantitative estimate of drug-likeness (QED) is 0.515. The number of nitrogen functional groups attached to an aromatic ring is 1. The Labute approximate surface area is 123 Å². The number of nitro groups is 1. The fraction of sp³-hybridized carbons (Fsp3) is 0.154. The van der Waals surface area contributed by atoms with Crippen molar-refractivity contribution in [3.05, 3.63) is 55.5 Å². The number of hydrogen-bond acceptors (Lipinski definition) is 5. The summed E-state index contributed by atoms with van der Waals surface area (Å²) in [7, 11) is 0. The lowest BCUT2D eigenvalue weighted by Gasteiger charge is -2.07. The predicted octanol–water partition coefficient (Wildman–Crippen LogP) is 2.62. The van der Waals surface area contributed by atoms with E-state index in [-0.39, 0.29) is 17.8 Å². The van der Waals surface area contributed by atoms with Gasteiger partial charge in [0.05, 0.1) is 23.2 Å². The fourth-order valence-electron chi connectivity index (χ4n) is 1.75. The molecule has 2 rings (SSSR count). The number of nitrogens with one attached hydrogen (secondary N) is 1. The van der Waals surface area contributed by atoms with Crippen molar-refractivity contribution in [2.75, 3.05) is 5.73 Å². The largest absolute Gasteiger partial charge is 0.396 e. The molecular weight excluding hydrogens is 297 g/mol. The summed E-state index contributed by atoms with van der Waals surface area (Å²) in [4.78, 5) is 23.1. The zero-order chi connectivity index (χ0) is 15.6. The second-order valence-electron chi connectivity index (χ2n) is 4.36. The number of aryl methyl sites for hydroxylation is 1. The van der Waals surface area contributed by atoms with E-state index in [4.69, 9.17) is 5.73 Å². The van der Waals surface area contributed by atoms with Gasteiger partial charge in [-0.25, -0.2) is 4.39 Å². The number of nitro benzene ring substituents is 1. The van der Waals surface area contributed by atoms with Crippen LogP contribution in [0.3, 0.4) is 0 Å². The van der Waals surface area contributed by atoms with Crippen molar-refractivity contribution in [2.45, 2.75) is 13.5 Å². The molecule has 2 aromatic rings. The Hall–Kier alpha value is -2.48. The molecule has 0 unspecified atom stereocenters. The van der Waals surface area contributed by atoms with Gasteiger partial charge >= 0.3 is 0 Å². The molecule has 1 aromatic heterocycles. The molecular formula is C13H12FN3O3S. The molecule has 0 saturated carbocycles. The van der Waals surface area contributed by atoms with E-state index >= 15 is 0 Å². The number of rotatable bonds is 4. The van der Waals surface area contributed by atoms with E-state index < -0.39 is 22.3 Å². The topological polar surface area (TPSA) is 98.3 Å². The van der Waals surface area contributed by atoms with Crippen LogP contribution in [0.1, 0.15) is 20.8 Å². The van der Waals surface area contributed by atoms with Crippen molar-refractivity contribution in [3.63, 3.8) is 0 Å². The highest BCUT2D eigenvalue weighted by Crippen LogP contribution is 2.24. The molecule has 0 aliphatic carbocycles. The number of thiophene rings is 1. The summed E-state index contributed by atoms with van der Waals surface area (Å²) in [5.74, 6) is -1.59. The second-order valence-corrected chi connectivity index (χ2v) is 5.36. The maximum Gasteiger partial charge on any atom is 0.285 e. The maximum absolute atomic E-state index is 13.3. The Balaban J connectivity index is 2.24. The second kappa shape index (κ2) is 5.88. The number of nitrogens with zero attached hydrogens (tertiary/aromatic N) is 1. The Morgan fingerprint density at radius 3 is 2.81 bits per heavy atom. The van der Waals surface area contributed by atoms with Gasteiger partial charge in [-0.05, 0) is 30.0 Å². The van der Waals surface area contributed by atoms with Crippen LogP contribution in [0.5, 0.6) is 0 Å². The highest BCUT2D eigenvalue weighted by molar-refractivity contribution is 7.10. The molecule has 0 radical (unpaired) electrons. The first-order chi connectivity index (χ1) is 9.90. The van der Waals surface area contributed by atoms with Gasteiger partial charge in [-0.15, -0.1) is 11.3 Å². The molecule has 1 heterocycles. The van der Waals surface area contributed by atoms with Crippen LogP contribution in [0.25, 0.3) is 0 Å². The zero-order valence-electron chi connectivity index (χ0n) is 11.1. The molecule has 0 fully saturated rings. The molecule has 8 heteroatoms. The molecule has 0 aliphatic heterocycles. The van der Waals surface area contributed by atoms with Crippen LogP contribution in [-0.4, -0.2) is 10.8 Å². The van der Waals surface area contributed by atoms with E-state index in [2.05, 4.69) is 5.32 Å². The average Bonchev–Trinajstić information content (AvgIpc) is 2.84. The summed E-state index contributed by atoms with van der Waals surface area (Å²) in [6, 6.07) is 3.54. The van der Waals surface area contributed by atoms with Gasteiger partial charge in [0.1, 0.15) is 5.56 Å². The van der Waals surface area contributed by atoms with Crippen molar-refractivity contribution >= 4 is 28.6 Å². The van der Waals surface area contributed by atoms with Gasteiger partial charge in [-0.1, -0.05) is 0 Å². The van der Waals surface area contributed by atoms with Crippen LogP contribution in [0.15, 0.2) is 23.6 Å². The van der Waals surface area contributed by atoms with Crippen LogP contribution in [-0.2, 0) is 6.54 Å². The Bertz CT molecular complexity index is 715. The smallest absolute Gasteiger partial charge is 0.285 e. The molecule has 0 bridgehead atoms. The standard InChI is InChI=1S/C13H12FN3O3S/c1-7-2-3-21-12(7)6-16-13(18)8-4-10(15)9(14)5-11(8)17(19)20/h2-5H,6,15H2,1H3,(H,16,18). The Kier molecular flexibility index (Phi) is 4.18. The van der Waals surface area contributed by atoms with Gasteiger partial charge in [0, 0.05) is 4.88 Å². The molecule has 1 amide bonds. The minimum Gasteiger partial charge on any atom is -0.396 e.